The molecule has 2 fully saturated rings. The maximum atomic E-state index is 11.9. The molecule has 0 aliphatic carbocycles. The zero-order chi connectivity index (χ0) is 14.7. The van der Waals surface area contributed by atoms with Crippen LogP contribution in [0, 0.1) is 0 Å². The molecule has 2 aliphatic heterocycles. The quantitative estimate of drug-likeness (QED) is 0.838. The van der Waals surface area contributed by atoms with Crippen molar-refractivity contribution in [3.8, 4) is 0 Å². The van der Waals surface area contributed by atoms with Crippen molar-refractivity contribution in [1.82, 2.24) is 9.88 Å². The molecular weight excluding hydrogens is 262 g/mol. The summed E-state index contributed by atoms with van der Waals surface area (Å²) in [5.74, 6) is 1.29. The van der Waals surface area contributed by atoms with E-state index in [4.69, 9.17) is 0 Å². The van der Waals surface area contributed by atoms with Crippen LogP contribution in [0.15, 0.2) is 18.3 Å². The first kappa shape index (κ1) is 14.4. The van der Waals surface area contributed by atoms with Crippen molar-refractivity contribution in [3.63, 3.8) is 0 Å². The number of hydrogen-bond donors (Lipinski definition) is 0. The summed E-state index contributed by atoms with van der Waals surface area (Å²) < 4.78 is 0. The minimum absolute atomic E-state index is 0.183. The van der Waals surface area contributed by atoms with Gasteiger partial charge in [0, 0.05) is 38.3 Å². The molecule has 0 aromatic carbocycles. The van der Waals surface area contributed by atoms with Gasteiger partial charge in [-0.05, 0) is 31.7 Å². The maximum absolute atomic E-state index is 11.9. The standard InChI is InChI=1S/C17H25N3O/c1-14(21)20-13-7-9-16(20)15-8-6-10-18-17(15)19-11-4-2-3-5-12-19/h6,8,10,16H,2-5,7,9,11-13H2,1H3. The maximum Gasteiger partial charge on any atom is 0.219 e. The van der Waals surface area contributed by atoms with Crippen molar-refractivity contribution in [2.24, 2.45) is 0 Å². The number of pyridine rings is 1. The third-order valence-electron chi connectivity index (χ3n) is 4.74. The number of likely N-dealkylation sites (tertiary alicyclic amines) is 1. The van der Waals surface area contributed by atoms with Crippen LogP contribution in [0.1, 0.15) is 57.1 Å². The summed E-state index contributed by atoms with van der Waals surface area (Å²) >= 11 is 0. The van der Waals surface area contributed by atoms with Crippen molar-refractivity contribution < 1.29 is 4.79 Å². The van der Waals surface area contributed by atoms with E-state index >= 15 is 0 Å². The van der Waals surface area contributed by atoms with Gasteiger partial charge in [-0.25, -0.2) is 4.98 Å². The van der Waals surface area contributed by atoms with Gasteiger partial charge < -0.3 is 9.80 Å². The molecule has 0 N–H and O–H groups in total. The van der Waals surface area contributed by atoms with Gasteiger partial charge in [0.25, 0.3) is 0 Å². The van der Waals surface area contributed by atoms with Crippen LogP contribution < -0.4 is 4.90 Å². The third-order valence-corrected chi connectivity index (χ3v) is 4.74. The molecule has 1 atom stereocenters. The zero-order valence-corrected chi connectivity index (χ0v) is 12.9. The van der Waals surface area contributed by atoms with Crippen LogP contribution in [0.2, 0.25) is 0 Å². The molecule has 3 rings (SSSR count). The van der Waals surface area contributed by atoms with Crippen molar-refractivity contribution in [3.05, 3.63) is 23.9 Å². The van der Waals surface area contributed by atoms with Crippen LogP contribution in [0.4, 0.5) is 5.82 Å². The summed E-state index contributed by atoms with van der Waals surface area (Å²) in [7, 11) is 0. The van der Waals surface area contributed by atoms with E-state index in [2.05, 4.69) is 16.0 Å². The number of aromatic nitrogens is 1. The van der Waals surface area contributed by atoms with Crippen LogP contribution in [0.25, 0.3) is 0 Å². The van der Waals surface area contributed by atoms with Crippen LogP contribution in [-0.4, -0.2) is 35.4 Å². The number of hydrogen-bond acceptors (Lipinski definition) is 3. The second-order valence-corrected chi connectivity index (χ2v) is 6.19. The normalized spacial score (nSPS) is 23.2. The van der Waals surface area contributed by atoms with Crippen molar-refractivity contribution in [2.75, 3.05) is 24.5 Å². The Morgan fingerprint density at radius 2 is 1.90 bits per heavy atom. The lowest BCUT2D eigenvalue weighted by Crippen LogP contribution is -2.31. The van der Waals surface area contributed by atoms with Gasteiger partial charge in [0.05, 0.1) is 6.04 Å². The van der Waals surface area contributed by atoms with Gasteiger partial charge in [0.1, 0.15) is 5.82 Å². The second kappa shape index (κ2) is 6.46. The lowest BCUT2D eigenvalue weighted by molar-refractivity contribution is -0.129. The Hall–Kier alpha value is -1.58. The van der Waals surface area contributed by atoms with E-state index in [1.807, 2.05) is 17.2 Å². The molecule has 2 aliphatic rings. The van der Waals surface area contributed by atoms with E-state index in [1.54, 1.807) is 6.92 Å². The molecule has 4 nitrogen and oxygen atoms in total. The van der Waals surface area contributed by atoms with Crippen LogP contribution in [0.3, 0.4) is 0 Å². The number of rotatable bonds is 2. The minimum atomic E-state index is 0.183. The molecule has 0 spiro atoms. The molecule has 0 saturated carbocycles. The van der Waals surface area contributed by atoms with Crippen molar-refractivity contribution in [2.45, 2.75) is 51.5 Å². The topological polar surface area (TPSA) is 36.4 Å². The van der Waals surface area contributed by atoms with Crippen molar-refractivity contribution >= 4 is 11.7 Å². The predicted molar refractivity (Wildman–Crippen MR) is 84.3 cm³/mol. The van der Waals surface area contributed by atoms with E-state index in [0.717, 1.165) is 38.3 Å². The molecule has 2 saturated heterocycles. The van der Waals surface area contributed by atoms with Crippen molar-refractivity contribution in [1.29, 1.82) is 0 Å². The highest BCUT2D eigenvalue weighted by atomic mass is 16.2. The van der Waals surface area contributed by atoms with E-state index < -0.39 is 0 Å². The van der Waals surface area contributed by atoms with E-state index in [9.17, 15) is 4.79 Å². The fourth-order valence-corrected chi connectivity index (χ4v) is 3.68. The zero-order valence-electron chi connectivity index (χ0n) is 12.9. The fraction of sp³-hybridized carbons (Fsp3) is 0.647. The van der Waals surface area contributed by atoms with Gasteiger partial charge in [-0.3, -0.25) is 4.79 Å². The molecule has 0 radical (unpaired) electrons. The summed E-state index contributed by atoms with van der Waals surface area (Å²) in [6, 6.07) is 4.39. The van der Waals surface area contributed by atoms with Crippen LogP contribution in [-0.2, 0) is 4.79 Å². The van der Waals surface area contributed by atoms with Crippen LogP contribution in [0.5, 0.6) is 0 Å². The average Bonchev–Trinajstić information content (AvgIpc) is 2.83. The number of nitrogens with zero attached hydrogens (tertiary/aromatic N) is 3. The summed E-state index contributed by atoms with van der Waals surface area (Å²) in [5.41, 5.74) is 1.24. The Labute approximate surface area is 127 Å². The molecule has 1 unspecified atom stereocenters. The van der Waals surface area contributed by atoms with Gasteiger partial charge in [0.15, 0.2) is 0 Å². The number of carbonyl (C=O) groups is 1. The summed E-state index contributed by atoms with van der Waals surface area (Å²) in [5, 5.41) is 0. The first-order valence-electron chi connectivity index (χ1n) is 8.24. The van der Waals surface area contributed by atoms with E-state index in [0.29, 0.717) is 0 Å². The Balaban J connectivity index is 1.90. The molecule has 0 bridgehead atoms. The molecule has 1 aromatic rings. The molecule has 21 heavy (non-hydrogen) atoms. The fourth-order valence-electron chi connectivity index (χ4n) is 3.68. The molecular formula is C17H25N3O. The first-order chi connectivity index (χ1) is 10.3. The smallest absolute Gasteiger partial charge is 0.219 e. The average molecular weight is 287 g/mol. The highest BCUT2D eigenvalue weighted by Crippen LogP contribution is 2.36. The number of amides is 1. The first-order valence-corrected chi connectivity index (χ1v) is 8.24. The second-order valence-electron chi connectivity index (χ2n) is 6.19. The summed E-state index contributed by atoms with van der Waals surface area (Å²) in [4.78, 5) is 21.0. The van der Waals surface area contributed by atoms with Gasteiger partial charge in [-0.1, -0.05) is 18.9 Å². The SMILES string of the molecule is CC(=O)N1CCCC1c1cccnc1N1CCCCCC1. The molecule has 4 heteroatoms. The predicted octanol–water partition coefficient (Wildman–Crippen LogP) is 3.15. The Kier molecular flexibility index (Phi) is 4.42. The third kappa shape index (κ3) is 3.04. The lowest BCUT2D eigenvalue weighted by Gasteiger charge is -2.29. The highest BCUT2D eigenvalue weighted by molar-refractivity contribution is 5.74. The van der Waals surface area contributed by atoms with Gasteiger partial charge in [-0.15, -0.1) is 0 Å². The largest absolute Gasteiger partial charge is 0.356 e. The van der Waals surface area contributed by atoms with E-state index in [1.165, 1.54) is 31.2 Å². The number of carbonyl (C=O) groups excluding carboxylic acids is 1. The molecule has 114 valence electrons. The van der Waals surface area contributed by atoms with Gasteiger partial charge >= 0.3 is 0 Å². The van der Waals surface area contributed by atoms with E-state index in [-0.39, 0.29) is 11.9 Å². The summed E-state index contributed by atoms with van der Waals surface area (Å²) in [6.07, 6.45) is 9.18. The van der Waals surface area contributed by atoms with Crippen LogP contribution >= 0.6 is 0 Å². The number of anilines is 1. The summed E-state index contributed by atoms with van der Waals surface area (Å²) in [6.45, 7) is 4.75. The molecule has 1 aromatic heterocycles. The lowest BCUT2D eigenvalue weighted by atomic mass is 10.0. The monoisotopic (exact) mass is 287 g/mol. The van der Waals surface area contributed by atoms with Gasteiger partial charge in [-0.2, -0.15) is 0 Å². The Morgan fingerprint density at radius 3 is 2.62 bits per heavy atom. The Bertz CT molecular complexity index is 495. The minimum Gasteiger partial charge on any atom is -0.356 e. The Morgan fingerprint density at radius 1 is 1.14 bits per heavy atom. The highest BCUT2D eigenvalue weighted by Gasteiger charge is 2.31. The van der Waals surface area contributed by atoms with Gasteiger partial charge in [0.2, 0.25) is 5.91 Å². The molecule has 3 heterocycles. The molecule has 1 amide bonds.